The lowest BCUT2D eigenvalue weighted by Crippen LogP contribution is -2.60. The second-order valence-electron chi connectivity index (χ2n) is 13.7. The van der Waals surface area contributed by atoms with Gasteiger partial charge in [0, 0.05) is 11.8 Å². The van der Waals surface area contributed by atoms with Crippen molar-refractivity contribution >= 4 is 11.9 Å². The van der Waals surface area contributed by atoms with Gasteiger partial charge in [0.25, 0.3) is 0 Å². The molecule has 3 fully saturated rings. The third kappa shape index (κ3) is 7.89. The molecule has 0 radical (unpaired) electrons. The first-order valence-electron chi connectivity index (χ1n) is 17.2. The van der Waals surface area contributed by atoms with Gasteiger partial charge in [-0.25, -0.2) is 9.59 Å². The minimum atomic E-state index is -1.87. The number of carbonyl (C=O) groups excluding carboxylic acids is 2. The van der Waals surface area contributed by atoms with Crippen LogP contribution < -0.4 is 4.74 Å². The largest absolute Gasteiger partial charge is 0.504 e. The van der Waals surface area contributed by atoms with E-state index < -0.39 is 145 Å². The van der Waals surface area contributed by atoms with Gasteiger partial charge in [-0.15, -0.1) is 0 Å². The number of aliphatic hydroxyl groups is 7. The molecule has 2 aromatic carbocycles. The molecule has 0 amide bonds. The van der Waals surface area contributed by atoms with E-state index in [0.29, 0.717) is 0 Å². The summed E-state index contributed by atoms with van der Waals surface area (Å²) >= 11 is 0. The quantitative estimate of drug-likeness (QED) is 0.0692. The van der Waals surface area contributed by atoms with E-state index in [0.717, 1.165) is 12.3 Å². The van der Waals surface area contributed by atoms with Crippen molar-refractivity contribution < 1.29 is 98.9 Å². The number of carbonyl (C=O) groups is 2. The van der Waals surface area contributed by atoms with Crippen LogP contribution in [0.2, 0.25) is 0 Å². The second kappa shape index (κ2) is 16.4. The molecular weight excluding hydrogens is 740 g/mol. The lowest BCUT2D eigenvalue weighted by atomic mass is 9.83. The predicted octanol–water partition coefficient (Wildman–Crippen LogP) is -2.21. The van der Waals surface area contributed by atoms with Crippen LogP contribution in [0.5, 0.6) is 28.7 Å². The van der Waals surface area contributed by atoms with Crippen molar-refractivity contribution in [3.05, 3.63) is 53.8 Å². The Labute approximate surface area is 311 Å². The van der Waals surface area contributed by atoms with Crippen molar-refractivity contribution in [1.82, 2.24) is 0 Å². The Morgan fingerprint density at radius 1 is 0.727 bits per heavy atom. The van der Waals surface area contributed by atoms with Crippen LogP contribution in [0.25, 0.3) is 0 Å². The molecule has 1 aliphatic carbocycles. The Morgan fingerprint density at radius 2 is 1.33 bits per heavy atom. The molecule has 0 spiro atoms. The number of ether oxygens (including phenoxy) is 7. The highest BCUT2D eigenvalue weighted by Gasteiger charge is 2.56. The van der Waals surface area contributed by atoms with E-state index in [1.807, 2.05) is 0 Å². The summed E-state index contributed by atoms with van der Waals surface area (Å²) in [6.07, 6.45) is -18.2. The van der Waals surface area contributed by atoms with Gasteiger partial charge in [-0.3, -0.25) is 0 Å². The molecule has 3 heterocycles. The summed E-state index contributed by atoms with van der Waals surface area (Å²) in [6.45, 7) is 0.210. The van der Waals surface area contributed by atoms with Crippen LogP contribution in [0, 0.1) is 17.8 Å². The molecule has 1 saturated carbocycles. The molecule has 55 heavy (non-hydrogen) atoms. The number of aliphatic hydroxyl groups excluding tert-OH is 7. The number of phenolic OH excluding ortho intramolecular Hbond substituents is 4. The fourth-order valence-corrected chi connectivity index (χ4v) is 7.16. The first-order valence-corrected chi connectivity index (χ1v) is 17.2. The van der Waals surface area contributed by atoms with E-state index in [1.54, 1.807) is 6.92 Å². The zero-order valence-corrected chi connectivity index (χ0v) is 28.9. The Hall–Kier alpha value is -4.32. The van der Waals surface area contributed by atoms with Gasteiger partial charge in [0.05, 0.1) is 24.5 Å². The van der Waals surface area contributed by atoms with E-state index in [-0.39, 0.29) is 17.7 Å². The molecule has 20 heteroatoms. The number of rotatable bonds is 10. The van der Waals surface area contributed by atoms with Crippen LogP contribution in [-0.2, 0) is 33.2 Å². The molecule has 2 aromatic rings. The Morgan fingerprint density at radius 3 is 2.00 bits per heavy atom. The van der Waals surface area contributed by atoms with E-state index >= 15 is 0 Å². The summed E-state index contributed by atoms with van der Waals surface area (Å²) in [5.41, 5.74) is -0.495. The Kier molecular flexibility index (Phi) is 12.0. The van der Waals surface area contributed by atoms with Crippen LogP contribution in [0.4, 0.5) is 0 Å². The number of benzene rings is 2. The molecule has 0 bridgehead atoms. The minimum Gasteiger partial charge on any atom is -0.504 e. The summed E-state index contributed by atoms with van der Waals surface area (Å²) < 4.78 is 39.7. The maximum absolute atomic E-state index is 13.5. The van der Waals surface area contributed by atoms with Crippen LogP contribution in [0.15, 0.2) is 48.2 Å². The van der Waals surface area contributed by atoms with Gasteiger partial charge in [-0.2, -0.15) is 0 Å². The van der Waals surface area contributed by atoms with Crippen LogP contribution in [0.3, 0.4) is 0 Å². The minimum absolute atomic E-state index is 0.0433. The highest BCUT2D eigenvalue weighted by atomic mass is 16.8. The van der Waals surface area contributed by atoms with Crippen LogP contribution >= 0.6 is 0 Å². The first kappa shape index (κ1) is 40.3. The summed E-state index contributed by atoms with van der Waals surface area (Å²) in [6, 6.07) is 7.30. The fraction of sp³-hybridized carbons (Fsp3) is 0.543. The standard InChI is InChI=1S/C35H42O20/c1-12-19(52-34-29(45)28(44)26(42)21(54-34)11-49-31(47)13-4-2-5-16(37)23(13)39)8-14-15(32(48)51-18-7-3-6-17(38)24(18)40)10-50-33(22(12)14)55-35-30(46)27(43)25(41)20(9-36)53-35/h2-7,10,12,14,19-22,25-30,33-46H,8-9,11H2,1H3/t12-,14+,19-,20-,21-,22+,25-,26-,27-,28-,29-,30-,33+,34-,35+/m0/s1. The van der Waals surface area contributed by atoms with Gasteiger partial charge in [0.15, 0.2) is 35.6 Å². The van der Waals surface area contributed by atoms with E-state index in [2.05, 4.69) is 0 Å². The topological polar surface area (TPSA) is 321 Å². The number of esters is 2. The van der Waals surface area contributed by atoms with Gasteiger partial charge in [-0.05, 0) is 36.6 Å². The maximum Gasteiger partial charge on any atom is 0.342 e. The molecule has 11 N–H and O–H groups in total. The monoisotopic (exact) mass is 782 g/mol. The summed E-state index contributed by atoms with van der Waals surface area (Å²) in [4.78, 5) is 26.2. The predicted molar refractivity (Wildman–Crippen MR) is 176 cm³/mol. The van der Waals surface area contributed by atoms with E-state index in [1.165, 1.54) is 30.3 Å². The lowest BCUT2D eigenvalue weighted by molar-refractivity contribution is -0.343. The van der Waals surface area contributed by atoms with Gasteiger partial charge in [0.1, 0.15) is 61.0 Å². The summed E-state index contributed by atoms with van der Waals surface area (Å²) in [7, 11) is 0. The van der Waals surface area contributed by atoms with E-state index in [4.69, 9.17) is 33.2 Å². The van der Waals surface area contributed by atoms with Crippen molar-refractivity contribution in [3.63, 3.8) is 0 Å². The Bertz CT molecular complexity index is 1730. The van der Waals surface area contributed by atoms with Crippen molar-refractivity contribution in [2.24, 2.45) is 17.8 Å². The normalized spacial score (nSPS) is 37.3. The fourth-order valence-electron chi connectivity index (χ4n) is 7.16. The van der Waals surface area contributed by atoms with E-state index in [9.17, 15) is 65.8 Å². The van der Waals surface area contributed by atoms with Crippen molar-refractivity contribution in [2.75, 3.05) is 13.2 Å². The first-order chi connectivity index (χ1) is 26.1. The molecule has 2 saturated heterocycles. The zero-order chi connectivity index (χ0) is 39.9. The summed E-state index contributed by atoms with van der Waals surface area (Å²) in [5.74, 6) is -7.53. The molecule has 4 aliphatic rings. The molecule has 3 aliphatic heterocycles. The third-order valence-corrected chi connectivity index (χ3v) is 10.3. The molecule has 302 valence electrons. The highest BCUT2D eigenvalue weighted by molar-refractivity contribution is 5.93. The van der Waals surface area contributed by atoms with Crippen LogP contribution in [-0.4, -0.2) is 155 Å². The number of phenols is 4. The van der Waals surface area contributed by atoms with Gasteiger partial charge >= 0.3 is 11.9 Å². The maximum atomic E-state index is 13.5. The SMILES string of the molecule is C[C@@H]1[C@H]2[C@@H](O[C@H]3O[C@@H](CO)[C@H](O)[C@H](O)[C@@H]3O)OC=C(C(=O)Oc3cccc(O)c3O)[C@H]2C[C@@H]1O[C@H]1O[C@@H](COC(=O)c2cccc(O)c2O)[C@H](O)[C@H](O)[C@@H]1O. The zero-order valence-electron chi connectivity index (χ0n) is 28.9. The smallest absolute Gasteiger partial charge is 0.342 e. The van der Waals surface area contributed by atoms with Gasteiger partial charge in [0.2, 0.25) is 12.0 Å². The Balaban J connectivity index is 1.22. The number of aromatic hydroxyl groups is 4. The average molecular weight is 783 g/mol. The van der Waals surface area contributed by atoms with Gasteiger partial charge in [-0.1, -0.05) is 19.1 Å². The number of fused-ring (bicyclic) bond motifs is 1. The third-order valence-electron chi connectivity index (χ3n) is 10.3. The van der Waals surface area contributed by atoms with Crippen molar-refractivity contribution in [1.29, 1.82) is 0 Å². The second-order valence-corrected chi connectivity index (χ2v) is 13.7. The number of hydrogen-bond acceptors (Lipinski definition) is 20. The molecule has 6 rings (SSSR count). The van der Waals surface area contributed by atoms with Crippen molar-refractivity contribution in [3.8, 4) is 28.7 Å². The summed E-state index contributed by atoms with van der Waals surface area (Å²) in [5, 5.41) is 113. The highest BCUT2D eigenvalue weighted by Crippen LogP contribution is 2.50. The lowest BCUT2D eigenvalue weighted by Gasteiger charge is -2.43. The molecular formula is C35H42O20. The molecule has 0 unspecified atom stereocenters. The molecule has 20 nitrogen and oxygen atoms in total. The average Bonchev–Trinajstić information content (AvgIpc) is 3.49. The number of hydrogen-bond donors (Lipinski definition) is 11. The molecule has 0 aromatic heterocycles. The molecule has 15 atom stereocenters. The number of para-hydroxylation sites is 2. The van der Waals surface area contributed by atoms with Crippen LogP contribution in [0.1, 0.15) is 23.7 Å². The van der Waals surface area contributed by atoms with Gasteiger partial charge < -0.3 is 89.3 Å². The van der Waals surface area contributed by atoms with Crippen molar-refractivity contribution in [2.45, 2.75) is 87.2 Å².